The number of halogens is 2. The van der Waals surface area contributed by atoms with E-state index < -0.39 is 11.8 Å². The SMILES string of the molecule is NC(=O)c1c(NC(=O)c2ccc(COc3cc(Cl)ccc3Cl)o2)sc2ccccc12. The zero-order valence-electron chi connectivity index (χ0n) is 15.3. The molecule has 6 nitrogen and oxygen atoms in total. The maximum atomic E-state index is 12.6. The number of amides is 2. The fourth-order valence-electron chi connectivity index (χ4n) is 2.86. The van der Waals surface area contributed by atoms with Crippen molar-refractivity contribution in [3.63, 3.8) is 0 Å². The first-order chi connectivity index (χ1) is 14.4. The van der Waals surface area contributed by atoms with Crippen molar-refractivity contribution in [1.82, 2.24) is 0 Å². The molecule has 0 aliphatic carbocycles. The fourth-order valence-corrected chi connectivity index (χ4v) is 4.29. The number of fused-ring (bicyclic) bond motifs is 1. The third kappa shape index (κ3) is 4.14. The Kier molecular flexibility index (Phi) is 5.67. The lowest BCUT2D eigenvalue weighted by molar-refractivity contribution is 0.0993. The molecule has 9 heteroatoms. The van der Waals surface area contributed by atoms with Gasteiger partial charge in [-0.25, -0.2) is 0 Å². The molecule has 0 spiro atoms. The number of hydrogen-bond donors (Lipinski definition) is 2. The number of primary amides is 1. The second kappa shape index (κ2) is 8.39. The molecule has 2 aromatic heterocycles. The smallest absolute Gasteiger partial charge is 0.291 e. The van der Waals surface area contributed by atoms with Gasteiger partial charge >= 0.3 is 0 Å². The molecule has 0 radical (unpaired) electrons. The summed E-state index contributed by atoms with van der Waals surface area (Å²) in [6, 6.07) is 15.3. The number of carbonyl (C=O) groups excluding carboxylic acids is 2. The van der Waals surface area contributed by atoms with Gasteiger partial charge in [-0.1, -0.05) is 41.4 Å². The maximum absolute atomic E-state index is 12.6. The largest absolute Gasteiger partial charge is 0.484 e. The molecular formula is C21H14Cl2N2O4S. The van der Waals surface area contributed by atoms with Gasteiger partial charge in [0.2, 0.25) is 0 Å². The quantitative estimate of drug-likeness (QED) is 0.383. The molecule has 0 aliphatic rings. The van der Waals surface area contributed by atoms with Crippen LogP contribution < -0.4 is 15.8 Å². The van der Waals surface area contributed by atoms with Gasteiger partial charge in [0.15, 0.2) is 5.76 Å². The van der Waals surface area contributed by atoms with Crippen molar-refractivity contribution < 1.29 is 18.7 Å². The van der Waals surface area contributed by atoms with Crippen molar-refractivity contribution in [2.24, 2.45) is 5.73 Å². The van der Waals surface area contributed by atoms with E-state index in [-0.39, 0.29) is 17.9 Å². The second-order valence-electron chi connectivity index (χ2n) is 6.25. The molecule has 2 heterocycles. The molecule has 0 saturated heterocycles. The van der Waals surface area contributed by atoms with Crippen LogP contribution in [0.3, 0.4) is 0 Å². The van der Waals surface area contributed by atoms with Gasteiger partial charge in [0.1, 0.15) is 23.1 Å². The average molecular weight is 461 g/mol. The Labute approximate surface area is 185 Å². The third-order valence-corrected chi connectivity index (χ3v) is 5.85. The Morgan fingerprint density at radius 2 is 1.90 bits per heavy atom. The average Bonchev–Trinajstić information content (AvgIpc) is 3.33. The molecule has 2 aromatic carbocycles. The van der Waals surface area contributed by atoms with Crippen LogP contribution in [-0.2, 0) is 6.61 Å². The molecule has 2 amide bonds. The van der Waals surface area contributed by atoms with Gasteiger partial charge in [-0.3, -0.25) is 9.59 Å². The van der Waals surface area contributed by atoms with Gasteiger partial charge < -0.3 is 20.2 Å². The van der Waals surface area contributed by atoms with Crippen LogP contribution in [-0.4, -0.2) is 11.8 Å². The number of anilines is 1. The maximum Gasteiger partial charge on any atom is 0.291 e. The van der Waals surface area contributed by atoms with E-state index in [1.54, 1.807) is 36.4 Å². The van der Waals surface area contributed by atoms with E-state index in [0.29, 0.717) is 31.9 Å². The highest BCUT2D eigenvalue weighted by Gasteiger charge is 2.20. The molecule has 0 fully saturated rings. The Hall–Kier alpha value is -3.00. The number of ether oxygens (including phenoxy) is 1. The fraction of sp³-hybridized carbons (Fsp3) is 0.0476. The Morgan fingerprint density at radius 3 is 2.70 bits per heavy atom. The molecule has 0 bridgehead atoms. The summed E-state index contributed by atoms with van der Waals surface area (Å²) in [5, 5.41) is 4.67. The van der Waals surface area contributed by atoms with Gasteiger partial charge in [-0.05, 0) is 30.3 Å². The number of thiophene rings is 1. The minimum Gasteiger partial charge on any atom is -0.484 e. The molecule has 0 unspecified atom stereocenters. The Balaban J connectivity index is 1.50. The van der Waals surface area contributed by atoms with Crippen molar-refractivity contribution in [1.29, 1.82) is 0 Å². The van der Waals surface area contributed by atoms with Crippen LogP contribution in [0, 0.1) is 0 Å². The van der Waals surface area contributed by atoms with E-state index in [1.165, 1.54) is 17.4 Å². The van der Waals surface area contributed by atoms with E-state index >= 15 is 0 Å². The number of nitrogens with two attached hydrogens (primary N) is 1. The van der Waals surface area contributed by atoms with Crippen molar-refractivity contribution >= 4 is 61.4 Å². The lowest BCUT2D eigenvalue weighted by atomic mass is 10.1. The summed E-state index contributed by atoms with van der Waals surface area (Å²) in [5.41, 5.74) is 5.79. The summed E-state index contributed by atoms with van der Waals surface area (Å²) in [6.45, 7) is 0.0583. The standard InChI is InChI=1S/C21H14Cl2N2O4S/c22-11-5-7-14(23)16(9-11)28-10-12-6-8-15(29-12)20(27)25-21-18(19(24)26)13-3-1-2-4-17(13)30-21/h1-9H,10H2,(H2,24,26)(H,25,27). The minimum absolute atomic E-state index is 0.0583. The number of carbonyl (C=O) groups is 2. The number of hydrogen-bond acceptors (Lipinski definition) is 5. The van der Waals surface area contributed by atoms with E-state index in [0.717, 1.165) is 4.70 Å². The highest BCUT2D eigenvalue weighted by molar-refractivity contribution is 7.23. The second-order valence-corrected chi connectivity index (χ2v) is 8.15. The van der Waals surface area contributed by atoms with Gasteiger partial charge in [0.25, 0.3) is 11.8 Å². The molecule has 0 aliphatic heterocycles. The zero-order valence-corrected chi connectivity index (χ0v) is 17.6. The Morgan fingerprint density at radius 1 is 1.10 bits per heavy atom. The van der Waals surface area contributed by atoms with E-state index in [4.69, 9.17) is 38.1 Å². The summed E-state index contributed by atoms with van der Waals surface area (Å²) in [5.74, 6) is -0.227. The molecular weight excluding hydrogens is 447 g/mol. The van der Waals surface area contributed by atoms with Crippen molar-refractivity contribution in [2.45, 2.75) is 6.61 Å². The monoisotopic (exact) mass is 460 g/mol. The number of benzene rings is 2. The minimum atomic E-state index is -0.616. The molecule has 30 heavy (non-hydrogen) atoms. The lowest BCUT2D eigenvalue weighted by Gasteiger charge is -2.06. The van der Waals surface area contributed by atoms with Crippen LogP contribution in [0.5, 0.6) is 5.75 Å². The van der Waals surface area contributed by atoms with Crippen molar-refractivity contribution in [3.8, 4) is 5.75 Å². The summed E-state index contributed by atoms with van der Waals surface area (Å²) < 4.78 is 12.0. The van der Waals surface area contributed by atoms with Crippen LogP contribution >= 0.6 is 34.5 Å². The lowest BCUT2D eigenvalue weighted by Crippen LogP contribution is -2.16. The molecule has 0 atom stereocenters. The molecule has 0 saturated carbocycles. The molecule has 4 rings (SSSR count). The van der Waals surface area contributed by atoms with Crippen LogP contribution in [0.4, 0.5) is 5.00 Å². The highest BCUT2D eigenvalue weighted by atomic mass is 35.5. The topological polar surface area (TPSA) is 94.6 Å². The molecule has 3 N–H and O–H groups in total. The van der Waals surface area contributed by atoms with Crippen LogP contribution in [0.15, 0.2) is 59.0 Å². The molecule has 152 valence electrons. The first-order valence-electron chi connectivity index (χ1n) is 8.71. The van der Waals surface area contributed by atoms with E-state index in [1.807, 2.05) is 12.1 Å². The third-order valence-electron chi connectivity index (χ3n) is 4.22. The van der Waals surface area contributed by atoms with Crippen LogP contribution in [0.25, 0.3) is 10.1 Å². The van der Waals surface area contributed by atoms with Gasteiger partial charge in [0, 0.05) is 21.2 Å². The van der Waals surface area contributed by atoms with Crippen LogP contribution in [0.1, 0.15) is 26.7 Å². The number of furan rings is 1. The highest BCUT2D eigenvalue weighted by Crippen LogP contribution is 2.35. The number of rotatable bonds is 6. The molecule has 4 aromatic rings. The summed E-state index contributed by atoms with van der Waals surface area (Å²) in [4.78, 5) is 24.5. The summed E-state index contributed by atoms with van der Waals surface area (Å²) in [6.07, 6.45) is 0. The number of nitrogens with one attached hydrogen (secondary N) is 1. The predicted octanol–water partition coefficient (Wildman–Crippen LogP) is 5.73. The van der Waals surface area contributed by atoms with Gasteiger partial charge in [-0.15, -0.1) is 11.3 Å². The first kappa shape index (κ1) is 20.3. The van der Waals surface area contributed by atoms with Gasteiger partial charge in [-0.2, -0.15) is 0 Å². The van der Waals surface area contributed by atoms with Crippen LogP contribution in [0.2, 0.25) is 10.0 Å². The van der Waals surface area contributed by atoms with Crippen molar-refractivity contribution in [2.75, 3.05) is 5.32 Å². The van der Waals surface area contributed by atoms with Crippen molar-refractivity contribution in [3.05, 3.63) is 81.7 Å². The zero-order chi connectivity index (χ0) is 21.3. The Bertz CT molecular complexity index is 1270. The van der Waals surface area contributed by atoms with E-state index in [2.05, 4.69) is 5.32 Å². The van der Waals surface area contributed by atoms with E-state index in [9.17, 15) is 9.59 Å². The van der Waals surface area contributed by atoms with Gasteiger partial charge in [0.05, 0.1) is 10.6 Å². The predicted molar refractivity (Wildman–Crippen MR) is 118 cm³/mol. The summed E-state index contributed by atoms with van der Waals surface area (Å²) >= 11 is 13.3. The first-order valence-corrected chi connectivity index (χ1v) is 10.3. The summed E-state index contributed by atoms with van der Waals surface area (Å²) in [7, 11) is 0. The normalized spacial score (nSPS) is 10.9.